The molecule has 1 aromatic heterocycles. The van der Waals surface area contributed by atoms with Gasteiger partial charge in [-0.05, 0) is 32.1 Å². The molecular formula is C11H19N3O2. The largest absolute Gasteiger partial charge is 0.373 e. The fourth-order valence-corrected chi connectivity index (χ4v) is 1.70. The van der Waals surface area contributed by atoms with Crippen molar-refractivity contribution < 1.29 is 9.26 Å². The zero-order valence-electron chi connectivity index (χ0n) is 9.90. The third kappa shape index (κ3) is 2.41. The van der Waals surface area contributed by atoms with Crippen molar-refractivity contribution in [3.8, 4) is 0 Å². The van der Waals surface area contributed by atoms with E-state index in [1.807, 2.05) is 6.92 Å². The van der Waals surface area contributed by atoms with E-state index in [2.05, 4.69) is 17.1 Å². The molecule has 0 aliphatic heterocycles. The Morgan fingerprint density at radius 2 is 2.31 bits per heavy atom. The summed E-state index contributed by atoms with van der Waals surface area (Å²) < 4.78 is 10.5. The SMILES string of the molecule is CCCOCc1noc(C(C)(N)C2CC2)n1. The summed E-state index contributed by atoms with van der Waals surface area (Å²) >= 11 is 0. The summed E-state index contributed by atoms with van der Waals surface area (Å²) in [5.41, 5.74) is 5.70. The van der Waals surface area contributed by atoms with Crippen molar-refractivity contribution in [2.24, 2.45) is 11.7 Å². The Bertz CT molecular complexity index is 345. The number of ether oxygens (including phenoxy) is 1. The maximum atomic E-state index is 6.17. The summed E-state index contributed by atoms with van der Waals surface area (Å²) in [7, 11) is 0. The fraction of sp³-hybridized carbons (Fsp3) is 0.818. The Hall–Kier alpha value is -0.940. The zero-order valence-corrected chi connectivity index (χ0v) is 9.90. The zero-order chi connectivity index (χ0) is 11.6. The highest BCUT2D eigenvalue weighted by Gasteiger charge is 2.43. The normalized spacial score (nSPS) is 19.7. The van der Waals surface area contributed by atoms with Gasteiger partial charge in [-0.1, -0.05) is 12.1 Å². The minimum Gasteiger partial charge on any atom is -0.373 e. The molecule has 1 unspecified atom stereocenters. The van der Waals surface area contributed by atoms with Crippen LogP contribution in [0.4, 0.5) is 0 Å². The van der Waals surface area contributed by atoms with Crippen LogP contribution in [0, 0.1) is 5.92 Å². The van der Waals surface area contributed by atoms with Gasteiger partial charge in [0.05, 0.1) is 5.54 Å². The van der Waals surface area contributed by atoms with Crippen molar-refractivity contribution in [3.05, 3.63) is 11.7 Å². The lowest BCUT2D eigenvalue weighted by molar-refractivity contribution is 0.114. The van der Waals surface area contributed by atoms with Crippen LogP contribution in [0.25, 0.3) is 0 Å². The first-order chi connectivity index (χ1) is 7.64. The Labute approximate surface area is 95.3 Å². The third-order valence-corrected chi connectivity index (χ3v) is 2.93. The van der Waals surface area contributed by atoms with Crippen LogP contribution in [0.5, 0.6) is 0 Å². The second-order valence-electron chi connectivity index (χ2n) is 4.63. The first kappa shape index (κ1) is 11.5. The van der Waals surface area contributed by atoms with Crippen molar-refractivity contribution in [1.82, 2.24) is 10.1 Å². The summed E-state index contributed by atoms with van der Waals surface area (Å²) in [6.45, 7) is 5.13. The molecule has 1 atom stereocenters. The molecular weight excluding hydrogens is 206 g/mol. The van der Waals surface area contributed by atoms with Gasteiger partial charge in [0.25, 0.3) is 0 Å². The molecule has 0 aromatic carbocycles. The molecule has 1 aliphatic rings. The Balaban J connectivity index is 1.96. The highest BCUT2D eigenvalue weighted by Crippen LogP contribution is 2.43. The monoisotopic (exact) mass is 225 g/mol. The van der Waals surface area contributed by atoms with Crippen molar-refractivity contribution >= 4 is 0 Å². The molecule has 0 spiro atoms. The average Bonchev–Trinajstić information content (AvgIpc) is 3.00. The number of aromatic nitrogens is 2. The van der Waals surface area contributed by atoms with E-state index in [-0.39, 0.29) is 0 Å². The second kappa shape index (κ2) is 4.51. The smallest absolute Gasteiger partial charge is 0.246 e. The highest BCUT2D eigenvalue weighted by molar-refractivity contribution is 5.07. The first-order valence-corrected chi connectivity index (χ1v) is 5.84. The number of rotatable bonds is 6. The molecule has 0 amide bonds. The van der Waals surface area contributed by atoms with Crippen LogP contribution in [0.2, 0.25) is 0 Å². The summed E-state index contributed by atoms with van der Waals surface area (Å²) in [6.07, 6.45) is 3.29. The summed E-state index contributed by atoms with van der Waals surface area (Å²) in [5, 5.41) is 3.87. The molecule has 5 nitrogen and oxygen atoms in total. The van der Waals surface area contributed by atoms with E-state index in [1.165, 1.54) is 0 Å². The number of hydrogen-bond donors (Lipinski definition) is 1. The molecule has 1 heterocycles. The van der Waals surface area contributed by atoms with Crippen LogP contribution < -0.4 is 5.73 Å². The lowest BCUT2D eigenvalue weighted by Gasteiger charge is -2.18. The standard InChI is InChI=1S/C11H19N3O2/c1-3-6-15-7-9-13-10(16-14-9)11(2,12)8-4-5-8/h8H,3-7,12H2,1-2H3. The van der Waals surface area contributed by atoms with Crippen molar-refractivity contribution in [2.45, 2.75) is 45.3 Å². The number of nitrogens with two attached hydrogens (primary N) is 1. The van der Waals surface area contributed by atoms with Crippen LogP contribution in [0.3, 0.4) is 0 Å². The van der Waals surface area contributed by atoms with Gasteiger partial charge >= 0.3 is 0 Å². The van der Waals surface area contributed by atoms with Crippen molar-refractivity contribution in [2.75, 3.05) is 6.61 Å². The van der Waals surface area contributed by atoms with Crippen molar-refractivity contribution in [3.63, 3.8) is 0 Å². The molecule has 90 valence electrons. The van der Waals surface area contributed by atoms with Gasteiger partial charge in [-0.2, -0.15) is 4.98 Å². The minimum absolute atomic E-state index is 0.401. The molecule has 1 aromatic rings. The summed E-state index contributed by atoms with van der Waals surface area (Å²) in [6, 6.07) is 0. The van der Waals surface area contributed by atoms with E-state index < -0.39 is 5.54 Å². The second-order valence-corrected chi connectivity index (χ2v) is 4.63. The molecule has 1 aliphatic carbocycles. The predicted molar refractivity (Wildman–Crippen MR) is 58.5 cm³/mol. The van der Waals surface area contributed by atoms with E-state index in [4.69, 9.17) is 15.0 Å². The minimum atomic E-state index is -0.476. The van der Waals surface area contributed by atoms with Crippen LogP contribution in [-0.2, 0) is 16.9 Å². The summed E-state index contributed by atoms with van der Waals surface area (Å²) in [5.74, 6) is 1.60. The summed E-state index contributed by atoms with van der Waals surface area (Å²) in [4.78, 5) is 4.29. The van der Waals surface area contributed by atoms with Gasteiger partial charge in [0, 0.05) is 6.61 Å². The van der Waals surface area contributed by atoms with Crippen molar-refractivity contribution in [1.29, 1.82) is 0 Å². The van der Waals surface area contributed by atoms with Gasteiger partial charge in [0.1, 0.15) is 6.61 Å². The third-order valence-electron chi connectivity index (χ3n) is 2.93. The van der Waals surface area contributed by atoms with Crippen LogP contribution in [-0.4, -0.2) is 16.7 Å². The van der Waals surface area contributed by atoms with Gasteiger partial charge in [0.2, 0.25) is 5.89 Å². The maximum absolute atomic E-state index is 6.17. The lowest BCUT2D eigenvalue weighted by atomic mass is 9.97. The van der Waals surface area contributed by atoms with Gasteiger partial charge < -0.3 is 15.0 Å². The molecule has 0 saturated heterocycles. The van der Waals surface area contributed by atoms with Crippen LogP contribution in [0.15, 0.2) is 4.52 Å². The maximum Gasteiger partial charge on any atom is 0.246 e. The van der Waals surface area contributed by atoms with E-state index >= 15 is 0 Å². The molecule has 0 radical (unpaired) electrons. The van der Waals surface area contributed by atoms with Gasteiger partial charge in [-0.15, -0.1) is 0 Å². The highest BCUT2D eigenvalue weighted by atomic mass is 16.5. The molecule has 1 saturated carbocycles. The van der Waals surface area contributed by atoms with E-state index in [9.17, 15) is 0 Å². The quantitative estimate of drug-likeness (QED) is 0.744. The first-order valence-electron chi connectivity index (χ1n) is 5.84. The topological polar surface area (TPSA) is 74.2 Å². The van der Waals surface area contributed by atoms with Gasteiger partial charge in [-0.3, -0.25) is 0 Å². The average molecular weight is 225 g/mol. The molecule has 16 heavy (non-hydrogen) atoms. The molecule has 0 bridgehead atoms. The molecule has 1 fully saturated rings. The van der Waals surface area contributed by atoms with Crippen LogP contribution >= 0.6 is 0 Å². The Kier molecular flexibility index (Phi) is 3.25. The van der Waals surface area contributed by atoms with Crippen LogP contribution in [0.1, 0.15) is 44.8 Å². The molecule has 2 rings (SSSR count). The number of nitrogens with zero attached hydrogens (tertiary/aromatic N) is 2. The Morgan fingerprint density at radius 1 is 1.56 bits per heavy atom. The van der Waals surface area contributed by atoms with Gasteiger partial charge in [-0.25, -0.2) is 0 Å². The van der Waals surface area contributed by atoms with E-state index in [0.717, 1.165) is 19.3 Å². The number of hydrogen-bond acceptors (Lipinski definition) is 5. The van der Waals surface area contributed by atoms with E-state index in [1.54, 1.807) is 0 Å². The molecule has 5 heteroatoms. The van der Waals surface area contributed by atoms with Gasteiger partial charge in [0.15, 0.2) is 5.82 Å². The van der Waals surface area contributed by atoms with E-state index in [0.29, 0.717) is 30.8 Å². The Morgan fingerprint density at radius 3 is 2.94 bits per heavy atom. The fourth-order valence-electron chi connectivity index (χ4n) is 1.70. The molecule has 2 N–H and O–H groups in total. The lowest BCUT2D eigenvalue weighted by Crippen LogP contribution is -2.35. The predicted octanol–water partition coefficient (Wildman–Crippen LogP) is 1.58.